The quantitative estimate of drug-likeness (QED) is 0.746. The smallest absolute Gasteiger partial charge is 0.304 e. The lowest BCUT2D eigenvalue weighted by atomic mass is 10.0. The average molecular weight is 177 g/mol. The van der Waals surface area contributed by atoms with Crippen molar-refractivity contribution >= 4 is 5.97 Å². The fraction of sp³-hybridized carbons (Fsp3) is 0.400. The van der Waals surface area contributed by atoms with Gasteiger partial charge >= 0.3 is 5.97 Å². The van der Waals surface area contributed by atoms with Crippen molar-refractivity contribution < 1.29 is 9.90 Å². The Bertz CT molecular complexity index is 335. The number of aryl methyl sites for hydroxylation is 1. The Morgan fingerprint density at radius 1 is 1.69 bits per heavy atom. The van der Waals surface area contributed by atoms with Crippen LogP contribution in [0.5, 0.6) is 0 Å². The highest BCUT2D eigenvalue weighted by Crippen LogP contribution is 2.33. The van der Waals surface area contributed by atoms with E-state index >= 15 is 0 Å². The van der Waals surface area contributed by atoms with Crippen molar-refractivity contribution in [3.8, 4) is 0 Å². The van der Waals surface area contributed by atoms with E-state index in [2.05, 4.69) is 4.98 Å². The maximum Gasteiger partial charge on any atom is 0.304 e. The molecule has 0 radical (unpaired) electrons. The molecule has 3 heteroatoms. The third-order valence-corrected chi connectivity index (χ3v) is 2.50. The predicted octanol–water partition coefficient (Wildman–Crippen LogP) is 1.59. The van der Waals surface area contributed by atoms with Crippen LogP contribution in [0.25, 0.3) is 0 Å². The van der Waals surface area contributed by atoms with Crippen LogP contribution in [0.15, 0.2) is 18.3 Å². The van der Waals surface area contributed by atoms with Crippen LogP contribution in [0, 0.1) is 0 Å². The lowest BCUT2D eigenvalue weighted by Gasteiger charge is -2.05. The van der Waals surface area contributed by atoms with Crippen LogP contribution in [0.1, 0.15) is 30.0 Å². The van der Waals surface area contributed by atoms with E-state index in [-0.39, 0.29) is 12.3 Å². The van der Waals surface area contributed by atoms with Gasteiger partial charge in [-0.2, -0.15) is 0 Å². The van der Waals surface area contributed by atoms with E-state index < -0.39 is 5.97 Å². The highest BCUT2D eigenvalue weighted by molar-refractivity contribution is 5.68. The van der Waals surface area contributed by atoms with Crippen molar-refractivity contribution in [2.24, 2.45) is 0 Å². The Morgan fingerprint density at radius 2 is 2.54 bits per heavy atom. The van der Waals surface area contributed by atoms with Gasteiger partial charge < -0.3 is 5.11 Å². The standard InChI is InChI=1S/C10H11NO2/c12-9(13)6-8-4-3-7-2-1-5-11-10(7)8/h1-2,5,8H,3-4,6H2,(H,12,13). The van der Waals surface area contributed by atoms with E-state index in [1.165, 1.54) is 5.56 Å². The predicted molar refractivity (Wildman–Crippen MR) is 47.6 cm³/mol. The normalized spacial score (nSPS) is 19.8. The van der Waals surface area contributed by atoms with Gasteiger partial charge in [0.2, 0.25) is 0 Å². The third-order valence-electron chi connectivity index (χ3n) is 2.50. The number of fused-ring (bicyclic) bond motifs is 1. The first-order valence-electron chi connectivity index (χ1n) is 4.43. The molecule has 1 atom stereocenters. The fourth-order valence-electron chi connectivity index (χ4n) is 1.91. The number of carbonyl (C=O) groups is 1. The summed E-state index contributed by atoms with van der Waals surface area (Å²) in [6.45, 7) is 0. The number of carboxylic acids is 1. The number of nitrogens with zero attached hydrogens (tertiary/aromatic N) is 1. The van der Waals surface area contributed by atoms with Crippen LogP contribution in [0.2, 0.25) is 0 Å². The molecule has 1 aliphatic rings. The summed E-state index contributed by atoms with van der Waals surface area (Å²) < 4.78 is 0. The van der Waals surface area contributed by atoms with Gasteiger partial charge in [-0.15, -0.1) is 0 Å². The maximum atomic E-state index is 10.5. The van der Waals surface area contributed by atoms with E-state index in [0.717, 1.165) is 18.5 Å². The van der Waals surface area contributed by atoms with Crippen LogP contribution in [0.3, 0.4) is 0 Å². The fourth-order valence-corrected chi connectivity index (χ4v) is 1.91. The lowest BCUT2D eigenvalue weighted by molar-refractivity contribution is -0.137. The van der Waals surface area contributed by atoms with Gasteiger partial charge in [-0.25, -0.2) is 0 Å². The second-order valence-corrected chi connectivity index (χ2v) is 3.38. The third kappa shape index (κ3) is 1.54. The number of hydrogen-bond acceptors (Lipinski definition) is 2. The molecule has 1 N–H and O–H groups in total. The van der Waals surface area contributed by atoms with Gasteiger partial charge in [-0.3, -0.25) is 9.78 Å². The van der Waals surface area contributed by atoms with E-state index in [4.69, 9.17) is 5.11 Å². The van der Waals surface area contributed by atoms with Crippen LogP contribution in [-0.4, -0.2) is 16.1 Å². The van der Waals surface area contributed by atoms with E-state index in [1.54, 1.807) is 6.20 Å². The zero-order valence-electron chi connectivity index (χ0n) is 7.23. The van der Waals surface area contributed by atoms with Gasteiger partial charge in [0.1, 0.15) is 0 Å². The molecule has 1 aromatic heterocycles. The van der Waals surface area contributed by atoms with E-state index in [1.807, 2.05) is 12.1 Å². The minimum absolute atomic E-state index is 0.133. The van der Waals surface area contributed by atoms with Gasteiger partial charge in [0, 0.05) is 17.8 Å². The Balaban J connectivity index is 2.23. The molecule has 1 unspecified atom stereocenters. The van der Waals surface area contributed by atoms with Gasteiger partial charge in [-0.05, 0) is 24.5 Å². The minimum Gasteiger partial charge on any atom is -0.481 e. The molecule has 0 bridgehead atoms. The number of rotatable bonds is 2. The van der Waals surface area contributed by atoms with Crippen LogP contribution in [-0.2, 0) is 11.2 Å². The number of aliphatic carboxylic acids is 1. The molecule has 1 aliphatic carbocycles. The van der Waals surface area contributed by atoms with Crippen molar-refractivity contribution in [2.45, 2.75) is 25.2 Å². The number of carboxylic acid groups (broad SMARTS) is 1. The van der Waals surface area contributed by atoms with E-state index in [0.29, 0.717) is 0 Å². The van der Waals surface area contributed by atoms with Gasteiger partial charge in [-0.1, -0.05) is 6.07 Å². The molecule has 0 aromatic carbocycles. The lowest BCUT2D eigenvalue weighted by Crippen LogP contribution is -2.04. The number of hydrogen-bond donors (Lipinski definition) is 1. The monoisotopic (exact) mass is 177 g/mol. The van der Waals surface area contributed by atoms with E-state index in [9.17, 15) is 4.79 Å². The Hall–Kier alpha value is -1.38. The Kier molecular flexibility index (Phi) is 2.00. The molecule has 0 aliphatic heterocycles. The molecule has 0 spiro atoms. The molecule has 68 valence electrons. The molecule has 0 saturated carbocycles. The minimum atomic E-state index is -0.733. The Morgan fingerprint density at radius 3 is 3.31 bits per heavy atom. The number of pyridine rings is 1. The first kappa shape index (κ1) is 8.23. The van der Waals surface area contributed by atoms with Crippen molar-refractivity contribution in [1.82, 2.24) is 4.98 Å². The summed E-state index contributed by atoms with van der Waals surface area (Å²) in [6.07, 6.45) is 3.85. The topological polar surface area (TPSA) is 50.2 Å². The van der Waals surface area contributed by atoms with Gasteiger partial charge in [0.15, 0.2) is 0 Å². The zero-order valence-corrected chi connectivity index (χ0v) is 7.23. The molecule has 1 heterocycles. The SMILES string of the molecule is O=C(O)CC1CCc2cccnc21. The van der Waals surface area contributed by atoms with Crippen molar-refractivity contribution in [3.05, 3.63) is 29.6 Å². The highest BCUT2D eigenvalue weighted by Gasteiger charge is 2.25. The largest absolute Gasteiger partial charge is 0.481 e. The molecule has 1 aromatic rings. The highest BCUT2D eigenvalue weighted by atomic mass is 16.4. The zero-order chi connectivity index (χ0) is 9.26. The Labute approximate surface area is 76.4 Å². The molecular formula is C10H11NO2. The summed E-state index contributed by atoms with van der Waals surface area (Å²) in [4.78, 5) is 14.8. The summed E-state index contributed by atoms with van der Waals surface area (Å²) in [6, 6.07) is 3.94. The summed E-state index contributed by atoms with van der Waals surface area (Å²) in [5.41, 5.74) is 2.21. The summed E-state index contributed by atoms with van der Waals surface area (Å²) in [7, 11) is 0. The molecule has 0 amide bonds. The van der Waals surface area contributed by atoms with Crippen molar-refractivity contribution in [3.63, 3.8) is 0 Å². The van der Waals surface area contributed by atoms with Crippen LogP contribution >= 0.6 is 0 Å². The molecular weight excluding hydrogens is 166 g/mol. The molecule has 2 rings (SSSR count). The summed E-state index contributed by atoms with van der Waals surface area (Å²) >= 11 is 0. The summed E-state index contributed by atoms with van der Waals surface area (Å²) in [5, 5.41) is 8.67. The van der Waals surface area contributed by atoms with Crippen molar-refractivity contribution in [2.75, 3.05) is 0 Å². The molecule has 13 heavy (non-hydrogen) atoms. The summed E-state index contributed by atoms with van der Waals surface area (Å²) in [5.74, 6) is -0.600. The van der Waals surface area contributed by atoms with Gasteiger partial charge in [0.05, 0.1) is 6.42 Å². The van der Waals surface area contributed by atoms with Crippen LogP contribution < -0.4 is 0 Å². The first-order valence-corrected chi connectivity index (χ1v) is 4.43. The molecule has 0 fully saturated rings. The van der Waals surface area contributed by atoms with Gasteiger partial charge in [0.25, 0.3) is 0 Å². The molecule has 3 nitrogen and oxygen atoms in total. The second kappa shape index (κ2) is 3.17. The second-order valence-electron chi connectivity index (χ2n) is 3.38. The van der Waals surface area contributed by atoms with Crippen molar-refractivity contribution in [1.29, 1.82) is 0 Å². The molecule has 0 saturated heterocycles. The first-order chi connectivity index (χ1) is 6.27. The maximum absolute atomic E-state index is 10.5. The average Bonchev–Trinajstić information content (AvgIpc) is 2.48. The number of aromatic nitrogens is 1. The van der Waals surface area contributed by atoms with Crippen LogP contribution in [0.4, 0.5) is 0 Å².